The zero-order valence-electron chi connectivity index (χ0n) is 8.01. The minimum absolute atomic E-state index is 0.0195. The highest BCUT2D eigenvalue weighted by atomic mass is 16.6. The normalized spacial score (nSPS) is 20.4. The van der Waals surface area contributed by atoms with Crippen LogP contribution in [0.3, 0.4) is 0 Å². The molecule has 1 unspecified atom stereocenters. The van der Waals surface area contributed by atoms with E-state index < -0.39 is 18.0 Å². The van der Waals surface area contributed by atoms with Gasteiger partial charge in [-0.05, 0) is 5.56 Å². The van der Waals surface area contributed by atoms with Gasteiger partial charge in [-0.25, -0.2) is 4.79 Å². The number of hydrogen-bond acceptors (Lipinski definition) is 4. The van der Waals surface area contributed by atoms with Gasteiger partial charge in [-0.3, -0.25) is 4.79 Å². The lowest BCUT2D eigenvalue weighted by molar-refractivity contribution is -0.155. The first-order valence-corrected chi connectivity index (χ1v) is 4.66. The van der Waals surface area contributed by atoms with E-state index in [4.69, 9.17) is 4.74 Å². The van der Waals surface area contributed by atoms with Crippen molar-refractivity contribution in [2.24, 2.45) is 0 Å². The topological polar surface area (TPSA) is 52.6 Å². The molecule has 1 atom stereocenters. The van der Waals surface area contributed by atoms with Crippen molar-refractivity contribution < 1.29 is 19.1 Å². The minimum Gasteiger partial charge on any atom is -0.391 e. The van der Waals surface area contributed by atoms with Crippen molar-refractivity contribution in [3.63, 3.8) is 0 Å². The van der Waals surface area contributed by atoms with Gasteiger partial charge in [0.1, 0.15) is 0 Å². The largest absolute Gasteiger partial charge is 0.391 e. The Hall–Kier alpha value is -1.68. The van der Waals surface area contributed by atoms with E-state index in [1.54, 1.807) is 0 Å². The van der Waals surface area contributed by atoms with Crippen LogP contribution in [0.15, 0.2) is 30.3 Å². The zero-order chi connectivity index (χ0) is 10.7. The minimum atomic E-state index is -0.738. The monoisotopic (exact) mass is 206 g/mol. The second-order valence-corrected chi connectivity index (χ2v) is 3.28. The SMILES string of the molecule is O=C1CC(OCc2ccccc2)C(=O)O1. The Morgan fingerprint density at radius 3 is 2.60 bits per heavy atom. The van der Waals surface area contributed by atoms with Crippen molar-refractivity contribution in [2.45, 2.75) is 19.1 Å². The molecule has 78 valence electrons. The summed E-state index contributed by atoms with van der Waals surface area (Å²) in [6.07, 6.45) is -0.719. The van der Waals surface area contributed by atoms with Crippen molar-refractivity contribution in [1.82, 2.24) is 0 Å². The van der Waals surface area contributed by atoms with Gasteiger partial charge in [0.15, 0.2) is 6.10 Å². The molecule has 1 fully saturated rings. The second-order valence-electron chi connectivity index (χ2n) is 3.28. The van der Waals surface area contributed by atoms with Crippen LogP contribution in [0, 0.1) is 0 Å². The molecule has 2 rings (SSSR count). The van der Waals surface area contributed by atoms with Crippen LogP contribution in [-0.4, -0.2) is 18.0 Å². The van der Waals surface area contributed by atoms with E-state index in [0.717, 1.165) is 5.56 Å². The number of hydrogen-bond donors (Lipinski definition) is 0. The van der Waals surface area contributed by atoms with Gasteiger partial charge in [-0.15, -0.1) is 0 Å². The van der Waals surface area contributed by atoms with Crippen molar-refractivity contribution in [2.75, 3.05) is 0 Å². The van der Waals surface area contributed by atoms with Gasteiger partial charge < -0.3 is 9.47 Å². The number of benzene rings is 1. The van der Waals surface area contributed by atoms with E-state index in [2.05, 4.69) is 4.74 Å². The highest BCUT2D eigenvalue weighted by Gasteiger charge is 2.34. The quantitative estimate of drug-likeness (QED) is 0.547. The van der Waals surface area contributed by atoms with Crippen molar-refractivity contribution >= 4 is 11.9 Å². The molecule has 1 aromatic rings. The molecule has 4 nitrogen and oxygen atoms in total. The van der Waals surface area contributed by atoms with E-state index in [-0.39, 0.29) is 6.42 Å². The molecule has 1 heterocycles. The van der Waals surface area contributed by atoms with E-state index in [0.29, 0.717) is 6.61 Å². The number of cyclic esters (lactones) is 2. The molecule has 0 aromatic heterocycles. The Balaban J connectivity index is 1.89. The van der Waals surface area contributed by atoms with Gasteiger partial charge >= 0.3 is 11.9 Å². The highest BCUT2D eigenvalue weighted by molar-refractivity contribution is 5.96. The summed E-state index contributed by atoms with van der Waals surface area (Å²) in [5.74, 6) is -1.10. The first kappa shape index (κ1) is 9.86. The second kappa shape index (κ2) is 4.23. The Morgan fingerprint density at radius 1 is 1.27 bits per heavy atom. The third-order valence-electron chi connectivity index (χ3n) is 2.12. The Morgan fingerprint density at radius 2 is 2.00 bits per heavy atom. The molecule has 0 saturated carbocycles. The summed E-state index contributed by atoms with van der Waals surface area (Å²) < 4.78 is 9.64. The van der Waals surface area contributed by atoms with Crippen LogP contribution in [0.25, 0.3) is 0 Å². The van der Waals surface area contributed by atoms with E-state index in [1.807, 2.05) is 30.3 Å². The van der Waals surface area contributed by atoms with E-state index in [1.165, 1.54) is 0 Å². The third-order valence-corrected chi connectivity index (χ3v) is 2.12. The van der Waals surface area contributed by atoms with Gasteiger partial charge in [0, 0.05) is 0 Å². The highest BCUT2D eigenvalue weighted by Crippen LogP contribution is 2.14. The molecule has 1 aliphatic rings. The number of ether oxygens (including phenoxy) is 2. The summed E-state index contributed by atoms with van der Waals surface area (Å²) in [7, 11) is 0. The lowest BCUT2D eigenvalue weighted by atomic mass is 10.2. The summed E-state index contributed by atoms with van der Waals surface area (Å²) in [6.45, 7) is 0.313. The van der Waals surface area contributed by atoms with Crippen LogP contribution < -0.4 is 0 Å². The molecule has 1 saturated heterocycles. The standard InChI is InChI=1S/C11H10O4/c12-10-6-9(11(13)15-10)14-7-8-4-2-1-3-5-8/h1-5,9H,6-7H2. The maximum absolute atomic E-state index is 11.0. The van der Waals surface area contributed by atoms with Crippen LogP contribution in [0.1, 0.15) is 12.0 Å². The van der Waals surface area contributed by atoms with Crippen LogP contribution >= 0.6 is 0 Å². The maximum Gasteiger partial charge on any atom is 0.343 e. The molecule has 0 amide bonds. The third kappa shape index (κ3) is 2.41. The molecule has 1 aromatic carbocycles. The van der Waals surface area contributed by atoms with Crippen LogP contribution in [0.4, 0.5) is 0 Å². The molecule has 0 aliphatic carbocycles. The number of carbonyl (C=O) groups excluding carboxylic acids is 2. The predicted molar refractivity (Wildman–Crippen MR) is 50.7 cm³/mol. The predicted octanol–water partition coefficient (Wildman–Crippen LogP) is 1.05. The fourth-order valence-corrected chi connectivity index (χ4v) is 1.35. The maximum atomic E-state index is 11.0. The van der Waals surface area contributed by atoms with E-state index >= 15 is 0 Å². The molecular weight excluding hydrogens is 196 g/mol. The molecular formula is C11H10O4. The molecule has 0 spiro atoms. The van der Waals surface area contributed by atoms with Crippen molar-refractivity contribution in [3.8, 4) is 0 Å². The summed E-state index contributed by atoms with van der Waals surface area (Å²) in [4.78, 5) is 21.8. The molecule has 15 heavy (non-hydrogen) atoms. The van der Waals surface area contributed by atoms with Crippen LogP contribution in [0.2, 0.25) is 0 Å². The average Bonchev–Trinajstić information content (AvgIpc) is 2.56. The first-order chi connectivity index (χ1) is 7.25. The van der Waals surface area contributed by atoms with Crippen LogP contribution in [0.5, 0.6) is 0 Å². The van der Waals surface area contributed by atoms with Crippen molar-refractivity contribution in [3.05, 3.63) is 35.9 Å². The van der Waals surface area contributed by atoms with E-state index in [9.17, 15) is 9.59 Å². The Bertz CT molecular complexity index is 371. The van der Waals surface area contributed by atoms with Crippen LogP contribution in [-0.2, 0) is 25.7 Å². The van der Waals surface area contributed by atoms with Gasteiger partial charge in [0.05, 0.1) is 13.0 Å². The smallest absolute Gasteiger partial charge is 0.343 e. The molecule has 1 aliphatic heterocycles. The fourth-order valence-electron chi connectivity index (χ4n) is 1.35. The van der Waals surface area contributed by atoms with Gasteiger partial charge in [-0.2, -0.15) is 0 Å². The van der Waals surface area contributed by atoms with Gasteiger partial charge in [-0.1, -0.05) is 30.3 Å². The lowest BCUT2D eigenvalue weighted by Crippen LogP contribution is -2.18. The summed E-state index contributed by atoms with van der Waals surface area (Å²) in [5, 5.41) is 0. The molecule has 0 radical (unpaired) electrons. The fraction of sp³-hybridized carbons (Fsp3) is 0.273. The molecule has 0 bridgehead atoms. The lowest BCUT2D eigenvalue weighted by Gasteiger charge is -2.06. The average molecular weight is 206 g/mol. The van der Waals surface area contributed by atoms with Crippen molar-refractivity contribution in [1.29, 1.82) is 0 Å². The number of esters is 2. The summed E-state index contributed by atoms with van der Waals surface area (Å²) >= 11 is 0. The zero-order valence-corrected chi connectivity index (χ0v) is 8.01. The molecule has 4 heteroatoms. The first-order valence-electron chi connectivity index (χ1n) is 4.66. The summed E-state index contributed by atoms with van der Waals surface area (Å²) in [6, 6.07) is 9.45. The Kier molecular flexibility index (Phi) is 2.78. The number of carbonyl (C=O) groups is 2. The summed E-state index contributed by atoms with van der Waals surface area (Å²) in [5.41, 5.74) is 0.963. The number of rotatable bonds is 3. The Labute approximate surface area is 86.8 Å². The van der Waals surface area contributed by atoms with Gasteiger partial charge in [0.2, 0.25) is 0 Å². The van der Waals surface area contributed by atoms with Gasteiger partial charge in [0.25, 0.3) is 0 Å². The molecule has 0 N–H and O–H groups in total.